The minimum absolute atomic E-state index is 0.0113. The lowest BCUT2D eigenvalue weighted by molar-refractivity contribution is 0.0595. The summed E-state index contributed by atoms with van der Waals surface area (Å²) >= 11 is 0. The van der Waals surface area contributed by atoms with Crippen LogP contribution in [-0.4, -0.2) is 32.3 Å². The molecule has 0 saturated heterocycles. The maximum absolute atomic E-state index is 14.0. The summed E-state index contributed by atoms with van der Waals surface area (Å²) in [4.78, 5) is 21.5. The zero-order valence-corrected chi connectivity index (χ0v) is 17.7. The molecule has 3 rings (SSSR count). The fourth-order valence-electron chi connectivity index (χ4n) is 2.44. The van der Waals surface area contributed by atoms with Crippen molar-refractivity contribution in [2.75, 3.05) is 25.6 Å². The monoisotopic (exact) mass is 418 g/mol. The number of ether oxygens (including phenoxy) is 2. The summed E-state index contributed by atoms with van der Waals surface area (Å²) in [6.45, 7) is 10.0. The molecular formula is C23H31FN2O4. The number of fused-ring (bicyclic) bond motifs is 1. The predicted octanol–water partition coefficient (Wildman–Crippen LogP) is 4.77. The summed E-state index contributed by atoms with van der Waals surface area (Å²) in [6, 6.07) is 3.19. The summed E-state index contributed by atoms with van der Waals surface area (Å²) in [5.74, 6) is -0.711. The van der Waals surface area contributed by atoms with Crippen LogP contribution < -0.4 is 11.1 Å². The van der Waals surface area contributed by atoms with Gasteiger partial charge in [0.15, 0.2) is 0 Å². The second-order valence-corrected chi connectivity index (χ2v) is 6.98. The highest BCUT2D eigenvalue weighted by atomic mass is 19.1. The average Bonchev–Trinajstić information content (AvgIpc) is 3.61. The van der Waals surface area contributed by atoms with Crippen LogP contribution in [0.4, 0.5) is 14.9 Å². The third-order valence-electron chi connectivity index (χ3n) is 4.17. The third-order valence-corrected chi connectivity index (χ3v) is 4.17. The van der Waals surface area contributed by atoms with Gasteiger partial charge in [-0.2, -0.15) is 0 Å². The van der Waals surface area contributed by atoms with E-state index in [1.807, 2.05) is 6.92 Å². The molecule has 0 aromatic heterocycles. The Bertz CT molecular complexity index is 785. The highest BCUT2D eigenvalue weighted by Gasteiger charge is 2.23. The molecule has 7 heteroatoms. The molecule has 0 bridgehead atoms. The van der Waals surface area contributed by atoms with Crippen molar-refractivity contribution in [3.63, 3.8) is 0 Å². The van der Waals surface area contributed by atoms with Gasteiger partial charge in [-0.1, -0.05) is 57.6 Å². The van der Waals surface area contributed by atoms with E-state index in [0.717, 1.165) is 17.8 Å². The Morgan fingerprint density at radius 3 is 2.47 bits per heavy atom. The Kier molecular flexibility index (Phi) is 11.0. The fourth-order valence-corrected chi connectivity index (χ4v) is 2.44. The van der Waals surface area contributed by atoms with Crippen LogP contribution in [0.15, 0.2) is 49.1 Å². The molecule has 1 aromatic carbocycles. The second kappa shape index (κ2) is 13.2. The van der Waals surface area contributed by atoms with E-state index in [-0.39, 0.29) is 12.2 Å². The van der Waals surface area contributed by atoms with Gasteiger partial charge in [0.05, 0.1) is 12.7 Å². The number of benzene rings is 1. The minimum Gasteiger partial charge on any atom is -0.465 e. The number of hydrogen-bond donors (Lipinski definition) is 2. The van der Waals surface area contributed by atoms with E-state index < -0.39 is 17.9 Å². The van der Waals surface area contributed by atoms with Crippen molar-refractivity contribution in [2.24, 2.45) is 11.7 Å². The Balaban J connectivity index is 0.000000278. The van der Waals surface area contributed by atoms with Gasteiger partial charge < -0.3 is 20.5 Å². The van der Waals surface area contributed by atoms with Crippen molar-refractivity contribution in [2.45, 2.75) is 32.6 Å². The number of carbonyl (C=O) groups excluding carboxylic acids is 2. The average molecular weight is 419 g/mol. The first-order valence-electron chi connectivity index (χ1n) is 9.83. The number of nitrogens with two attached hydrogens (primary N) is 1. The molecular weight excluding hydrogens is 387 g/mol. The Labute approximate surface area is 177 Å². The lowest BCUT2D eigenvalue weighted by atomic mass is 9.93. The largest absolute Gasteiger partial charge is 0.465 e. The number of anilines is 1. The molecule has 2 aliphatic rings. The molecule has 1 fully saturated rings. The van der Waals surface area contributed by atoms with Gasteiger partial charge >= 0.3 is 12.1 Å². The first-order valence-corrected chi connectivity index (χ1v) is 9.83. The van der Waals surface area contributed by atoms with Crippen molar-refractivity contribution >= 4 is 17.7 Å². The van der Waals surface area contributed by atoms with Crippen molar-refractivity contribution in [3.8, 4) is 0 Å². The number of rotatable bonds is 5. The molecule has 1 aromatic rings. The topological polar surface area (TPSA) is 90.7 Å². The molecule has 1 atom stereocenters. The van der Waals surface area contributed by atoms with Gasteiger partial charge in [-0.3, -0.25) is 0 Å². The molecule has 1 saturated carbocycles. The first-order chi connectivity index (χ1) is 14.3. The summed E-state index contributed by atoms with van der Waals surface area (Å²) in [6.07, 6.45) is 9.21. The smallest absolute Gasteiger partial charge is 0.404 e. The number of halogens is 1. The van der Waals surface area contributed by atoms with Crippen molar-refractivity contribution < 1.29 is 23.5 Å². The molecule has 1 aliphatic carbocycles. The predicted molar refractivity (Wildman–Crippen MR) is 117 cm³/mol. The first kappa shape index (κ1) is 24.9. The number of methoxy groups -OCH3 is 1. The lowest BCUT2D eigenvalue weighted by Crippen LogP contribution is -2.22. The van der Waals surface area contributed by atoms with Gasteiger partial charge in [-0.15, -0.1) is 0 Å². The highest BCUT2D eigenvalue weighted by Crippen LogP contribution is 2.29. The van der Waals surface area contributed by atoms with Gasteiger partial charge in [0.1, 0.15) is 12.4 Å². The number of hydrogen-bond acceptors (Lipinski definition) is 5. The van der Waals surface area contributed by atoms with Gasteiger partial charge in [-0.25, -0.2) is 14.0 Å². The number of nitrogens with one attached hydrogen (secondary N) is 1. The van der Waals surface area contributed by atoms with E-state index in [0.29, 0.717) is 17.9 Å². The van der Waals surface area contributed by atoms with Gasteiger partial charge in [0.25, 0.3) is 0 Å². The summed E-state index contributed by atoms with van der Waals surface area (Å²) in [5, 5.41) is 3.15. The van der Waals surface area contributed by atoms with Gasteiger partial charge in [0, 0.05) is 17.8 Å². The van der Waals surface area contributed by atoms with E-state index in [1.165, 1.54) is 32.4 Å². The van der Waals surface area contributed by atoms with E-state index in [4.69, 9.17) is 5.73 Å². The molecule has 3 N–H and O–H groups in total. The zero-order valence-electron chi connectivity index (χ0n) is 17.7. The lowest BCUT2D eigenvalue weighted by Gasteiger charge is -2.24. The van der Waals surface area contributed by atoms with E-state index in [9.17, 15) is 14.0 Å². The maximum Gasteiger partial charge on any atom is 0.404 e. The number of esters is 1. The SMILES string of the molecule is C1CC1.C=C/C=C(\C=C)COC(N)=O.COC(=O)c1ccc2c(c1F)CC(C)CN2. The van der Waals surface area contributed by atoms with Crippen LogP contribution in [0.3, 0.4) is 0 Å². The molecule has 1 unspecified atom stereocenters. The quantitative estimate of drug-likeness (QED) is 0.531. The highest BCUT2D eigenvalue weighted by molar-refractivity contribution is 5.90. The molecule has 0 radical (unpaired) electrons. The Morgan fingerprint density at radius 2 is 1.97 bits per heavy atom. The van der Waals surface area contributed by atoms with Crippen LogP contribution in [-0.2, 0) is 15.9 Å². The number of amides is 1. The van der Waals surface area contributed by atoms with Crippen molar-refractivity contribution in [3.05, 3.63) is 66.0 Å². The van der Waals surface area contributed by atoms with Crippen LogP contribution >= 0.6 is 0 Å². The zero-order chi connectivity index (χ0) is 22.5. The van der Waals surface area contributed by atoms with Crippen LogP contribution in [0.25, 0.3) is 0 Å². The molecule has 1 amide bonds. The van der Waals surface area contributed by atoms with E-state index >= 15 is 0 Å². The molecule has 6 nitrogen and oxygen atoms in total. The third kappa shape index (κ3) is 8.94. The number of primary amides is 1. The Hall–Kier alpha value is -3.09. The van der Waals surface area contributed by atoms with Crippen LogP contribution in [0.1, 0.15) is 42.1 Å². The van der Waals surface area contributed by atoms with E-state index in [2.05, 4.69) is 27.9 Å². The van der Waals surface area contributed by atoms with Gasteiger partial charge in [-0.05, 0) is 30.0 Å². The standard InChI is InChI=1S/C12H14FNO2.C8H11NO2.C3H6/c1-7-5-9-10(14-6-7)4-3-8(11(9)13)12(15)16-2;1-3-5-7(4-2)6-11-8(9)10;1-2-3-1/h3-4,7,14H,5-6H2,1-2H3;3-5H,1-2,6H2,(H2,9,10);1-3H2/b;7-5+;. The number of carbonyl (C=O) groups is 2. The van der Waals surface area contributed by atoms with Crippen LogP contribution in [0.5, 0.6) is 0 Å². The summed E-state index contributed by atoms with van der Waals surface area (Å²) < 4.78 is 23.1. The van der Waals surface area contributed by atoms with Crippen LogP contribution in [0, 0.1) is 11.7 Å². The fraction of sp³-hybridized carbons (Fsp3) is 0.391. The molecule has 30 heavy (non-hydrogen) atoms. The maximum atomic E-state index is 14.0. The summed E-state index contributed by atoms with van der Waals surface area (Å²) in [7, 11) is 1.25. The number of allylic oxidation sites excluding steroid dienone is 2. The molecule has 0 spiro atoms. The van der Waals surface area contributed by atoms with Crippen LogP contribution in [0.2, 0.25) is 0 Å². The van der Waals surface area contributed by atoms with Gasteiger partial charge in [0.2, 0.25) is 0 Å². The van der Waals surface area contributed by atoms with Crippen molar-refractivity contribution in [1.82, 2.24) is 0 Å². The summed E-state index contributed by atoms with van der Waals surface area (Å²) in [5.41, 5.74) is 6.88. The Morgan fingerprint density at radius 1 is 1.30 bits per heavy atom. The van der Waals surface area contributed by atoms with E-state index in [1.54, 1.807) is 24.3 Å². The molecule has 1 heterocycles. The second-order valence-electron chi connectivity index (χ2n) is 6.98. The minimum atomic E-state index is -0.790. The van der Waals surface area contributed by atoms with Crippen molar-refractivity contribution in [1.29, 1.82) is 0 Å². The normalized spacial score (nSPS) is 16.1. The molecule has 1 aliphatic heterocycles. The molecule has 164 valence electrons.